The van der Waals surface area contributed by atoms with E-state index in [4.69, 9.17) is 11.1 Å². The van der Waals surface area contributed by atoms with Gasteiger partial charge >= 0.3 is 0 Å². The van der Waals surface area contributed by atoms with Crippen LogP contribution in [-0.2, 0) is 0 Å². The lowest BCUT2D eigenvalue weighted by Gasteiger charge is -2.12. The van der Waals surface area contributed by atoms with Gasteiger partial charge in [0.25, 0.3) is 0 Å². The van der Waals surface area contributed by atoms with E-state index in [1.54, 1.807) is 7.05 Å². The topological polar surface area (TPSA) is 61.9 Å². The van der Waals surface area contributed by atoms with Gasteiger partial charge in [0.2, 0.25) is 0 Å². The third kappa shape index (κ3) is 2.21. The van der Waals surface area contributed by atoms with Crippen LogP contribution in [0.3, 0.4) is 0 Å². The lowest BCUT2D eigenvalue weighted by Crippen LogP contribution is -2.16. The van der Waals surface area contributed by atoms with Gasteiger partial charge in [0, 0.05) is 13.3 Å². The number of nitrogens with two attached hydrogens (primary N) is 1. The van der Waals surface area contributed by atoms with Gasteiger partial charge in [-0.05, 0) is 18.4 Å². The van der Waals surface area contributed by atoms with Crippen molar-refractivity contribution < 1.29 is 0 Å². The Kier molecular flexibility index (Phi) is 3.31. The zero-order valence-corrected chi connectivity index (χ0v) is 7.80. The van der Waals surface area contributed by atoms with Crippen molar-refractivity contribution in [1.29, 1.82) is 5.41 Å². The molecular weight excluding hydrogens is 162 g/mol. The van der Waals surface area contributed by atoms with Crippen LogP contribution in [-0.4, -0.2) is 13.3 Å². The molecule has 0 aromatic heterocycles. The van der Waals surface area contributed by atoms with Crippen LogP contribution < -0.4 is 11.1 Å². The fourth-order valence-corrected chi connectivity index (χ4v) is 1.28. The van der Waals surface area contributed by atoms with Crippen LogP contribution >= 0.6 is 0 Å². The van der Waals surface area contributed by atoms with Gasteiger partial charge in [-0.1, -0.05) is 18.2 Å². The molecule has 0 fully saturated rings. The molecule has 0 aromatic rings. The standard InChI is InChI=1S/C10H15N3/c1-13-9(7-11)10(12)8-5-3-2-4-6-8/h2-3,5,7,11,13H,4,6,12H2,1H3/b10-9+,11-7?. The summed E-state index contributed by atoms with van der Waals surface area (Å²) in [5, 5.41) is 10.0. The van der Waals surface area contributed by atoms with Crippen LogP contribution in [0.5, 0.6) is 0 Å². The first-order valence-electron chi connectivity index (χ1n) is 4.33. The molecule has 0 amide bonds. The zero-order chi connectivity index (χ0) is 9.68. The summed E-state index contributed by atoms with van der Waals surface area (Å²) in [5.41, 5.74) is 8.35. The SMILES string of the molecule is CN/C(C=N)=C(/N)C1=CC=CCC1. The Bertz CT molecular complexity index is 285. The molecule has 0 atom stereocenters. The van der Waals surface area contributed by atoms with Crippen LogP contribution in [0.4, 0.5) is 0 Å². The molecule has 0 heterocycles. The molecular formula is C10H15N3. The molecule has 0 bridgehead atoms. The third-order valence-electron chi connectivity index (χ3n) is 2.06. The van der Waals surface area contributed by atoms with Crippen molar-refractivity contribution >= 4 is 6.21 Å². The maximum atomic E-state index is 7.14. The minimum Gasteiger partial charge on any atom is -0.397 e. The lowest BCUT2D eigenvalue weighted by molar-refractivity contribution is 0.935. The molecule has 1 rings (SSSR count). The van der Waals surface area contributed by atoms with E-state index in [0.717, 1.165) is 18.4 Å². The van der Waals surface area contributed by atoms with E-state index in [9.17, 15) is 0 Å². The molecule has 1 aliphatic carbocycles. The normalized spacial score (nSPS) is 17.5. The molecule has 0 saturated carbocycles. The summed E-state index contributed by atoms with van der Waals surface area (Å²) in [4.78, 5) is 0. The van der Waals surface area contributed by atoms with E-state index in [0.29, 0.717) is 11.4 Å². The van der Waals surface area contributed by atoms with Gasteiger partial charge in [0.1, 0.15) is 0 Å². The molecule has 0 unspecified atom stereocenters. The second kappa shape index (κ2) is 4.50. The molecule has 0 spiro atoms. The molecule has 0 saturated heterocycles. The van der Waals surface area contributed by atoms with E-state index < -0.39 is 0 Å². The minimum atomic E-state index is 0.682. The summed E-state index contributed by atoms with van der Waals surface area (Å²) in [6.07, 6.45) is 9.35. The van der Waals surface area contributed by atoms with Gasteiger partial charge in [-0.25, -0.2) is 0 Å². The van der Waals surface area contributed by atoms with E-state index in [1.807, 2.05) is 12.2 Å². The van der Waals surface area contributed by atoms with E-state index in [-0.39, 0.29) is 0 Å². The van der Waals surface area contributed by atoms with E-state index in [2.05, 4.69) is 11.4 Å². The first-order chi connectivity index (χ1) is 6.29. The molecule has 4 N–H and O–H groups in total. The summed E-state index contributed by atoms with van der Waals surface area (Å²) in [6, 6.07) is 0. The van der Waals surface area contributed by atoms with Crippen LogP contribution in [0.1, 0.15) is 12.8 Å². The Morgan fingerprint density at radius 1 is 1.69 bits per heavy atom. The fraction of sp³-hybridized carbons (Fsp3) is 0.300. The van der Waals surface area contributed by atoms with Crippen molar-refractivity contribution in [3.63, 3.8) is 0 Å². The maximum absolute atomic E-state index is 7.14. The Morgan fingerprint density at radius 2 is 2.46 bits per heavy atom. The predicted octanol–water partition coefficient (Wildman–Crippen LogP) is 1.30. The highest BCUT2D eigenvalue weighted by Crippen LogP contribution is 2.17. The number of allylic oxidation sites excluding steroid dienone is 5. The first-order valence-corrected chi connectivity index (χ1v) is 4.33. The van der Waals surface area contributed by atoms with Crippen molar-refractivity contribution in [2.24, 2.45) is 5.73 Å². The van der Waals surface area contributed by atoms with Gasteiger partial charge in [-0.15, -0.1) is 0 Å². The van der Waals surface area contributed by atoms with Gasteiger partial charge in [-0.3, -0.25) is 0 Å². The molecule has 0 radical (unpaired) electrons. The highest BCUT2D eigenvalue weighted by atomic mass is 14.9. The fourth-order valence-electron chi connectivity index (χ4n) is 1.28. The molecule has 0 aliphatic heterocycles. The van der Waals surface area contributed by atoms with Gasteiger partial charge in [0.15, 0.2) is 0 Å². The van der Waals surface area contributed by atoms with Crippen molar-refractivity contribution in [3.8, 4) is 0 Å². The highest BCUT2D eigenvalue weighted by molar-refractivity contribution is 5.77. The number of hydrogen-bond acceptors (Lipinski definition) is 3. The summed E-state index contributed by atoms with van der Waals surface area (Å²) in [5.74, 6) is 0. The Hall–Kier alpha value is -1.51. The third-order valence-corrected chi connectivity index (χ3v) is 2.06. The van der Waals surface area contributed by atoms with Crippen LogP contribution in [0.2, 0.25) is 0 Å². The summed E-state index contributed by atoms with van der Waals surface area (Å²) in [7, 11) is 1.77. The monoisotopic (exact) mass is 177 g/mol. The second-order valence-electron chi connectivity index (χ2n) is 2.88. The van der Waals surface area contributed by atoms with Crippen LogP contribution in [0, 0.1) is 5.41 Å². The Morgan fingerprint density at radius 3 is 2.92 bits per heavy atom. The predicted molar refractivity (Wildman–Crippen MR) is 55.5 cm³/mol. The van der Waals surface area contributed by atoms with E-state index in [1.165, 1.54) is 6.21 Å². The van der Waals surface area contributed by atoms with E-state index >= 15 is 0 Å². The van der Waals surface area contributed by atoms with Crippen molar-refractivity contribution in [2.45, 2.75) is 12.8 Å². The summed E-state index contributed by atoms with van der Waals surface area (Å²) < 4.78 is 0. The average Bonchev–Trinajstić information content (AvgIpc) is 2.21. The van der Waals surface area contributed by atoms with Gasteiger partial charge in [0.05, 0.1) is 11.4 Å². The van der Waals surface area contributed by atoms with Crippen molar-refractivity contribution in [1.82, 2.24) is 5.32 Å². The van der Waals surface area contributed by atoms with Gasteiger partial charge < -0.3 is 16.5 Å². The molecule has 3 nitrogen and oxygen atoms in total. The second-order valence-corrected chi connectivity index (χ2v) is 2.88. The maximum Gasteiger partial charge on any atom is 0.0752 e. The number of rotatable bonds is 3. The number of hydrogen-bond donors (Lipinski definition) is 3. The lowest BCUT2D eigenvalue weighted by atomic mass is 10.0. The van der Waals surface area contributed by atoms with Crippen molar-refractivity contribution in [3.05, 3.63) is 35.2 Å². The molecule has 13 heavy (non-hydrogen) atoms. The average molecular weight is 177 g/mol. The molecule has 70 valence electrons. The zero-order valence-electron chi connectivity index (χ0n) is 7.80. The van der Waals surface area contributed by atoms with Crippen LogP contribution in [0.25, 0.3) is 0 Å². The largest absolute Gasteiger partial charge is 0.397 e. The molecule has 0 aromatic carbocycles. The van der Waals surface area contributed by atoms with Crippen LogP contribution in [0.15, 0.2) is 35.2 Å². The molecule has 1 aliphatic rings. The number of nitrogens with one attached hydrogen (secondary N) is 2. The minimum absolute atomic E-state index is 0.682. The quantitative estimate of drug-likeness (QED) is 0.569. The Balaban J connectivity index is 2.92. The smallest absolute Gasteiger partial charge is 0.0752 e. The highest BCUT2D eigenvalue weighted by Gasteiger charge is 2.06. The summed E-state index contributed by atoms with van der Waals surface area (Å²) in [6.45, 7) is 0. The first kappa shape index (κ1) is 9.58. The van der Waals surface area contributed by atoms with Crippen molar-refractivity contribution in [2.75, 3.05) is 7.05 Å². The Labute approximate surface area is 78.5 Å². The molecule has 3 heteroatoms. The summed E-state index contributed by atoms with van der Waals surface area (Å²) >= 11 is 0. The van der Waals surface area contributed by atoms with Gasteiger partial charge in [-0.2, -0.15) is 0 Å².